The number of hydrogen-bond acceptors (Lipinski definition) is 2. The van der Waals surface area contributed by atoms with Gasteiger partial charge in [-0.2, -0.15) is 0 Å². The van der Waals surface area contributed by atoms with Gasteiger partial charge in [-0.15, -0.1) is 0 Å². The average molecular weight is 430 g/mol. The van der Waals surface area contributed by atoms with Crippen molar-refractivity contribution in [2.75, 3.05) is 10.6 Å². The van der Waals surface area contributed by atoms with Gasteiger partial charge < -0.3 is 10.6 Å². The van der Waals surface area contributed by atoms with Gasteiger partial charge in [0.15, 0.2) is 0 Å². The van der Waals surface area contributed by atoms with Gasteiger partial charge in [0.1, 0.15) is 0 Å². The Balaban J connectivity index is 1.66. The van der Waals surface area contributed by atoms with Crippen LogP contribution in [0.4, 0.5) is 11.4 Å². The molecule has 130 valence electrons. The first-order valence-electron chi connectivity index (χ1n) is 7.76. The molecule has 0 aromatic heterocycles. The summed E-state index contributed by atoms with van der Waals surface area (Å²) in [7, 11) is 0. The van der Waals surface area contributed by atoms with Crippen molar-refractivity contribution in [2.24, 2.45) is 0 Å². The molecule has 0 radical (unpaired) electrons. The Bertz CT molecular complexity index is 958. The summed E-state index contributed by atoms with van der Waals surface area (Å²) < 4.78 is 0.725. The van der Waals surface area contributed by atoms with Crippen LogP contribution in [-0.4, -0.2) is 11.8 Å². The van der Waals surface area contributed by atoms with Crippen molar-refractivity contribution < 1.29 is 9.59 Å². The Hall–Kier alpha value is -2.63. The second-order valence-electron chi connectivity index (χ2n) is 5.48. The summed E-state index contributed by atoms with van der Waals surface area (Å²) in [5.41, 5.74) is 2.27. The van der Waals surface area contributed by atoms with Crippen LogP contribution in [0.5, 0.6) is 0 Å². The van der Waals surface area contributed by atoms with E-state index in [2.05, 4.69) is 26.6 Å². The maximum Gasteiger partial charge on any atom is 0.256 e. The topological polar surface area (TPSA) is 58.2 Å². The fraction of sp³-hybridized carbons (Fsp3) is 0. The Morgan fingerprint density at radius 2 is 1.38 bits per heavy atom. The van der Waals surface area contributed by atoms with Crippen LogP contribution in [0.2, 0.25) is 5.02 Å². The van der Waals surface area contributed by atoms with Gasteiger partial charge >= 0.3 is 0 Å². The van der Waals surface area contributed by atoms with Crippen LogP contribution in [0, 0.1) is 0 Å². The molecule has 4 nitrogen and oxygen atoms in total. The molecule has 3 rings (SSSR count). The van der Waals surface area contributed by atoms with Crippen LogP contribution in [-0.2, 0) is 0 Å². The predicted octanol–water partition coefficient (Wildman–Crippen LogP) is 5.61. The van der Waals surface area contributed by atoms with Crippen LogP contribution in [0.1, 0.15) is 20.7 Å². The Kier molecular flexibility index (Phi) is 5.71. The molecule has 0 heterocycles. The summed E-state index contributed by atoms with van der Waals surface area (Å²) in [5.74, 6) is -0.467. The fourth-order valence-electron chi connectivity index (χ4n) is 2.31. The molecular weight excluding hydrogens is 416 g/mol. The number of rotatable bonds is 4. The summed E-state index contributed by atoms with van der Waals surface area (Å²) in [4.78, 5) is 24.5. The molecule has 3 aromatic carbocycles. The molecule has 0 saturated carbocycles. The van der Waals surface area contributed by atoms with Crippen molar-refractivity contribution in [3.63, 3.8) is 0 Å². The van der Waals surface area contributed by atoms with E-state index in [1.54, 1.807) is 60.7 Å². The minimum absolute atomic E-state index is 0.215. The molecule has 0 fully saturated rings. The lowest BCUT2D eigenvalue weighted by molar-refractivity contribution is 0.101. The third-order valence-corrected chi connectivity index (χ3v) is 4.53. The van der Waals surface area contributed by atoms with E-state index in [9.17, 15) is 9.59 Å². The maximum atomic E-state index is 12.3. The zero-order chi connectivity index (χ0) is 18.5. The number of amides is 2. The molecule has 0 aliphatic carbocycles. The fourth-order valence-corrected chi connectivity index (χ4v) is 2.97. The van der Waals surface area contributed by atoms with Gasteiger partial charge in [-0.3, -0.25) is 9.59 Å². The SMILES string of the molecule is O=C(Nc1ccc(NC(=O)c2ccccc2Br)cc1)c1cccc(Cl)c1. The Morgan fingerprint density at radius 3 is 2.00 bits per heavy atom. The van der Waals surface area contributed by atoms with Gasteiger partial charge in [0, 0.05) is 26.4 Å². The van der Waals surface area contributed by atoms with Crippen LogP contribution < -0.4 is 10.6 Å². The summed E-state index contributed by atoms with van der Waals surface area (Å²) in [6, 6.07) is 20.8. The van der Waals surface area contributed by atoms with E-state index in [4.69, 9.17) is 11.6 Å². The molecule has 0 bridgehead atoms. The van der Waals surface area contributed by atoms with Crippen molar-refractivity contribution in [2.45, 2.75) is 0 Å². The molecule has 0 unspecified atom stereocenters. The quantitative estimate of drug-likeness (QED) is 0.566. The van der Waals surface area contributed by atoms with Crippen LogP contribution >= 0.6 is 27.5 Å². The largest absolute Gasteiger partial charge is 0.322 e. The number of carbonyl (C=O) groups is 2. The lowest BCUT2D eigenvalue weighted by Crippen LogP contribution is -2.13. The minimum atomic E-state index is -0.252. The monoisotopic (exact) mass is 428 g/mol. The molecule has 2 amide bonds. The normalized spacial score (nSPS) is 10.2. The molecule has 3 aromatic rings. The average Bonchev–Trinajstić information content (AvgIpc) is 2.63. The van der Waals surface area contributed by atoms with E-state index in [0.717, 1.165) is 4.47 Å². The highest BCUT2D eigenvalue weighted by Gasteiger charge is 2.10. The third-order valence-electron chi connectivity index (χ3n) is 3.61. The van der Waals surface area contributed by atoms with Crippen molar-refractivity contribution >= 4 is 50.7 Å². The molecule has 6 heteroatoms. The molecule has 2 N–H and O–H groups in total. The van der Waals surface area contributed by atoms with Gasteiger partial charge in [0.05, 0.1) is 5.56 Å². The van der Waals surface area contributed by atoms with E-state index < -0.39 is 0 Å². The second kappa shape index (κ2) is 8.17. The van der Waals surface area contributed by atoms with Gasteiger partial charge in [0.2, 0.25) is 0 Å². The van der Waals surface area contributed by atoms with E-state index >= 15 is 0 Å². The smallest absolute Gasteiger partial charge is 0.256 e. The summed E-state index contributed by atoms with van der Waals surface area (Å²) in [5, 5.41) is 6.11. The maximum absolute atomic E-state index is 12.3. The Morgan fingerprint density at radius 1 is 0.769 bits per heavy atom. The number of nitrogens with one attached hydrogen (secondary N) is 2. The van der Waals surface area contributed by atoms with Gasteiger partial charge in [-0.1, -0.05) is 29.8 Å². The van der Waals surface area contributed by atoms with Crippen LogP contribution in [0.15, 0.2) is 77.3 Å². The standard InChI is InChI=1S/C20H14BrClN2O2/c21-18-7-2-1-6-17(18)20(26)24-16-10-8-15(9-11-16)23-19(25)13-4-3-5-14(22)12-13/h1-12H,(H,23,25)(H,24,26). The number of benzene rings is 3. The minimum Gasteiger partial charge on any atom is -0.322 e. The number of carbonyl (C=O) groups excluding carboxylic acids is 2. The summed E-state index contributed by atoms with van der Waals surface area (Å²) in [6.45, 7) is 0. The molecule has 0 atom stereocenters. The van der Waals surface area contributed by atoms with Crippen LogP contribution in [0.3, 0.4) is 0 Å². The third kappa shape index (κ3) is 4.50. The molecule has 0 aliphatic heterocycles. The Labute approximate surface area is 164 Å². The highest BCUT2D eigenvalue weighted by Crippen LogP contribution is 2.20. The van der Waals surface area contributed by atoms with E-state index in [1.807, 2.05) is 12.1 Å². The van der Waals surface area contributed by atoms with E-state index in [1.165, 1.54) is 0 Å². The zero-order valence-electron chi connectivity index (χ0n) is 13.5. The first-order chi connectivity index (χ1) is 12.5. The first kappa shape index (κ1) is 18.2. The second-order valence-corrected chi connectivity index (χ2v) is 6.77. The number of hydrogen-bond donors (Lipinski definition) is 2. The van der Waals surface area contributed by atoms with E-state index in [-0.39, 0.29) is 11.8 Å². The molecule has 26 heavy (non-hydrogen) atoms. The van der Waals surface area contributed by atoms with Gasteiger partial charge in [-0.05, 0) is 70.5 Å². The van der Waals surface area contributed by atoms with Crippen molar-refractivity contribution in [3.8, 4) is 0 Å². The molecule has 0 aliphatic rings. The lowest BCUT2D eigenvalue weighted by atomic mass is 10.2. The highest BCUT2D eigenvalue weighted by molar-refractivity contribution is 9.10. The van der Waals surface area contributed by atoms with E-state index in [0.29, 0.717) is 27.5 Å². The lowest BCUT2D eigenvalue weighted by Gasteiger charge is -2.09. The first-order valence-corrected chi connectivity index (χ1v) is 8.93. The predicted molar refractivity (Wildman–Crippen MR) is 108 cm³/mol. The summed E-state index contributed by atoms with van der Waals surface area (Å²) in [6.07, 6.45) is 0. The zero-order valence-corrected chi connectivity index (χ0v) is 15.8. The molecule has 0 saturated heterocycles. The van der Waals surface area contributed by atoms with Crippen molar-refractivity contribution in [3.05, 3.63) is 93.4 Å². The molecule has 0 spiro atoms. The van der Waals surface area contributed by atoms with Crippen LogP contribution in [0.25, 0.3) is 0 Å². The van der Waals surface area contributed by atoms with Crippen molar-refractivity contribution in [1.29, 1.82) is 0 Å². The highest BCUT2D eigenvalue weighted by atomic mass is 79.9. The van der Waals surface area contributed by atoms with Gasteiger partial charge in [-0.25, -0.2) is 0 Å². The van der Waals surface area contributed by atoms with Crippen molar-refractivity contribution in [1.82, 2.24) is 0 Å². The number of anilines is 2. The van der Waals surface area contributed by atoms with Gasteiger partial charge in [0.25, 0.3) is 11.8 Å². The molecular formula is C20H14BrClN2O2. The number of halogens is 2. The summed E-state index contributed by atoms with van der Waals surface area (Å²) >= 11 is 9.26.